The Labute approximate surface area is 101 Å². The summed E-state index contributed by atoms with van der Waals surface area (Å²) in [6.07, 6.45) is -8.16. The summed E-state index contributed by atoms with van der Waals surface area (Å²) in [6.45, 7) is 0. The molecule has 0 radical (unpaired) electrons. The maximum absolute atomic E-state index is 12.5. The second-order valence-corrected chi connectivity index (χ2v) is 3.87. The Morgan fingerprint density at radius 2 is 1.94 bits per heavy atom. The Kier molecular flexibility index (Phi) is 3.92. The number of rotatable bonds is 2. The van der Waals surface area contributed by atoms with E-state index in [1.54, 1.807) is 0 Å². The fraction of sp³-hybridized carbons (Fsp3) is 0.375. The molecule has 90 valence electrons. The van der Waals surface area contributed by atoms with E-state index in [0.717, 1.165) is 13.2 Å². The molecule has 0 atom stereocenters. The summed E-state index contributed by atoms with van der Waals surface area (Å²) in [7, 11) is 1.11. The molecule has 1 rings (SSSR count). The maximum Gasteiger partial charge on any atom is 0.434 e. The van der Waals surface area contributed by atoms with Gasteiger partial charge in [0.15, 0.2) is 5.69 Å². The minimum atomic E-state index is -4.93. The summed E-state index contributed by atoms with van der Waals surface area (Å²) in [6, 6.07) is 1.03. The van der Waals surface area contributed by atoms with E-state index >= 15 is 0 Å². The molecule has 1 aromatic heterocycles. The number of nitrogens with zero attached hydrogens (tertiary/aromatic N) is 1. The molecule has 0 saturated carbocycles. The Balaban J connectivity index is 3.47. The summed E-state index contributed by atoms with van der Waals surface area (Å²) in [5, 5.41) is 0. The third-order valence-corrected chi connectivity index (χ3v) is 2.57. The van der Waals surface area contributed by atoms with E-state index < -0.39 is 23.9 Å². The van der Waals surface area contributed by atoms with Crippen LogP contribution < -0.4 is 4.74 Å². The van der Waals surface area contributed by atoms with Crippen LogP contribution in [0.2, 0.25) is 0 Å². The van der Waals surface area contributed by atoms with Crippen molar-refractivity contribution in [3.63, 3.8) is 0 Å². The monoisotopic (exact) mass is 353 g/mol. The molecule has 8 heteroatoms. The predicted molar refractivity (Wildman–Crippen MR) is 53.5 cm³/mol. The van der Waals surface area contributed by atoms with E-state index in [-0.39, 0.29) is 9.45 Å². The van der Waals surface area contributed by atoms with Crippen molar-refractivity contribution < 1.29 is 26.7 Å². The van der Waals surface area contributed by atoms with Crippen molar-refractivity contribution in [1.29, 1.82) is 0 Å². The predicted octanol–water partition coefficient (Wildman–Crippen LogP) is 3.65. The average Bonchev–Trinajstić information content (AvgIpc) is 2.14. The number of aromatic nitrogens is 1. The third-order valence-electron chi connectivity index (χ3n) is 1.68. The zero-order chi connectivity index (χ0) is 12.5. The highest BCUT2D eigenvalue weighted by atomic mass is 127. The average molecular weight is 353 g/mol. The first-order valence-corrected chi connectivity index (χ1v) is 4.95. The molecular weight excluding hydrogens is 348 g/mol. The molecule has 0 aliphatic heterocycles. The van der Waals surface area contributed by atoms with Gasteiger partial charge in [0.25, 0.3) is 6.43 Å². The highest BCUT2D eigenvalue weighted by Crippen LogP contribution is 2.38. The molecule has 1 aromatic rings. The summed E-state index contributed by atoms with van der Waals surface area (Å²) < 4.78 is 66.6. The van der Waals surface area contributed by atoms with Crippen molar-refractivity contribution >= 4 is 22.6 Å². The third kappa shape index (κ3) is 2.71. The van der Waals surface area contributed by atoms with Crippen LogP contribution in [-0.4, -0.2) is 12.1 Å². The molecule has 0 fully saturated rings. The lowest BCUT2D eigenvalue weighted by atomic mass is 10.2. The van der Waals surface area contributed by atoms with E-state index in [1.165, 1.54) is 22.6 Å². The molecule has 0 N–H and O–H groups in total. The summed E-state index contributed by atoms with van der Waals surface area (Å²) in [5.74, 6) is -0.346. The molecule has 0 bridgehead atoms. The van der Waals surface area contributed by atoms with Gasteiger partial charge in [0.2, 0.25) is 5.88 Å². The molecule has 0 aliphatic carbocycles. The van der Waals surface area contributed by atoms with Gasteiger partial charge in [0.05, 0.1) is 12.7 Å². The van der Waals surface area contributed by atoms with Crippen LogP contribution in [0.3, 0.4) is 0 Å². The normalized spacial score (nSPS) is 12.0. The van der Waals surface area contributed by atoms with Crippen LogP contribution in [0.1, 0.15) is 17.7 Å². The summed E-state index contributed by atoms with van der Waals surface area (Å²) in [5.41, 5.74) is -2.72. The zero-order valence-corrected chi connectivity index (χ0v) is 9.94. The number of halogens is 6. The number of ether oxygens (including phenoxy) is 1. The van der Waals surface area contributed by atoms with Gasteiger partial charge in [-0.25, -0.2) is 13.8 Å². The number of alkyl halides is 5. The zero-order valence-electron chi connectivity index (χ0n) is 7.78. The second kappa shape index (κ2) is 4.68. The molecule has 0 aliphatic rings. The van der Waals surface area contributed by atoms with Gasteiger partial charge in [-0.15, -0.1) is 0 Å². The van der Waals surface area contributed by atoms with Crippen molar-refractivity contribution in [2.45, 2.75) is 12.6 Å². The van der Waals surface area contributed by atoms with Gasteiger partial charge in [-0.2, -0.15) is 13.2 Å². The SMILES string of the molecule is COc1cc(I)c(C(F)F)c(C(F)(F)F)n1. The minimum absolute atomic E-state index is 0.230. The Morgan fingerprint density at radius 1 is 1.38 bits per heavy atom. The first-order valence-electron chi connectivity index (χ1n) is 3.87. The van der Waals surface area contributed by atoms with Crippen molar-refractivity contribution in [2.75, 3.05) is 7.11 Å². The van der Waals surface area contributed by atoms with Crippen LogP contribution in [0.4, 0.5) is 22.0 Å². The Hall–Kier alpha value is -0.670. The topological polar surface area (TPSA) is 22.1 Å². The second-order valence-electron chi connectivity index (χ2n) is 2.71. The van der Waals surface area contributed by atoms with Crippen molar-refractivity contribution in [1.82, 2.24) is 4.98 Å². The smallest absolute Gasteiger partial charge is 0.434 e. The van der Waals surface area contributed by atoms with Gasteiger partial charge < -0.3 is 4.74 Å². The van der Waals surface area contributed by atoms with Crippen LogP contribution in [0.5, 0.6) is 5.88 Å². The van der Waals surface area contributed by atoms with Crippen molar-refractivity contribution in [3.05, 3.63) is 20.9 Å². The van der Waals surface area contributed by atoms with Gasteiger partial charge in [0, 0.05) is 9.64 Å². The maximum atomic E-state index is 12.5. The molecule has 0 amide bonds. The van der Waals surface area contributed by atoms with E-state index in [4.69, 9.17) is 0 Å². The first-order chi connectivity index (χ1) is 7.27. The molecule has 16 heavy (non-hydrogen) atoms. The lowest BCUT2D eigenvalue weighted by Crippen LogP contribution is -2.14. The quantitative estimate of drug-likeness (QED) is 0.598. The fourth-order valence-corrected chi connectivity index (χ4v) is 1.79. The molecule has 2 nitrogen and oxygen atoms in total. The van der Waals surface area contributed by atoms with E-state index in [9.17, 15) is 22.0 Å². The first kappa shape index (κ1) is 13.4. The van der Waals surface area contributed by atoms with Crippen molar-refractivity contribution in [3.8, 4) is 5.88 Å². The van der Waals surface area contributed by atoms with Crippen LogP contribution in [0, 0.1) is 3.57 Å². The van der Waals surface area contributed by atoms with E-state index in [2.05, 4.69) is 9.72 Å². The lowest BCUT2D eigenvalue weighted by molar-refractivity contribution is -0.143. The number of pyridine rings is 1. The summed E-state index contributed by atoms with van der Waals surface area (Å²) >= 11 is 1.39. The van der Waals surface area contributed by atoms with Gasteiger partial charge in [-0.05, 0) is 22.6 Å². The van der Waals surface area contributed by atoms with Gasteiger partial charge in [0.1, 0.15) is 0 Å². The van der Waals surface area contributed by atoms with Gasteiger partial charge >= 0.3 is 6.18 Å². The minimum Gasteiger partial charge on any atom is -0.481 e. The Bertz CT molecular complexity index is 393. The molecular formula is C8H5F5INO. The van der Waals surface area contributed by atoms with Gasteiger partial charge in [-0.1, -0.05) is 0 Å². The van der Waals surface area contributed by atoms with Crippen LogP contribution in [0.25, 0.3) is 0 Å². The molecule has 0 spiro atoms. The van der Waals surface area contributed by atoms with Crippen molar-refractivity contribution in [2.24, 2.45) is 0 Å². The number of methoxy groups -OCH3 is 1. The molecule has 0 saturated heterocycles. The highest BCUT2D eigenvalue weighted by Gasteiger charge is 2.39. The largest absolute Gasteiger partial charge is 0.481 e. The molecule has 1 heterocycles. The van der Waals surface area contributed by atoms with E-state index in [0.29, 0.717) is 0 Å². The number of hydrogen-bond donors (Lipinski definition) is 0. The molecule has 0 unspecified atom stereocenters. The van der Waals surface area contributed by atoms with Gasteiger partial charge in [-0.3, -0.25) is 0 Å². The van der Waals surface area contributed by atoms with E-state index in [1.807, 2.05) is 0 Å². The number of hydrogen-bond acceptors (Lipinski definition) is 2. The Morgan fingerprint density at radius 3 is 2.31 bits per heavy atom. The standard InChI is InChI=1S/C8H5F5INO/c1-16-4-2-3(14)5(7(9)10)6(15-4)8(11,12)13/h2,7H,1H3. The fourth-order valence-electron chi connectivity index (χ4n) is 1.03. The van der Waals surface area contributed by atoms with Crippen LogP contribution in [0.15, 0.2) is 6.07 Å². The van der Waals surface area contributed by atoms with Crippen LogP contribution in [-0.2, 0) is 6.18 Å². The molecule has 0 aromatic carbocycles. The van der Waals surface area contributed by atoms with Crippen LogP contribution >= 0.6 is 22.6 Å². The lowest BCUT2D eigenvalue weighted by Gasteiger charge is -2.14. The summed E-state index contributed by atoms with van der Waals surface area (Å²) in [4.78, 5) is 3.01. The highest BCUT2D eigenvalue weighted by molar-refractivity contribution is 14.1.